The molecule has 0 unspecified atom stereocenters. The van der Waals surface area contributed by atoms with Crippen LogP contribution in [-0.4, -0.2) is 13.1 Å². The second-order valence-corrected chi connectivity index (χ2v) is 5.17. The zero-order valence-electron chi connectivity index (χ0n) is 11.9. The Bertz CT molecular complexity index is 651. The first-order valence-electron chi connectivity index (χ1n) is 7.07. The molecule has 1 aliphatic rings. The average molecular weight is 282 g/mol. The van der Waals surface area contributed by atoms with Crippen molar-refractivity contribution in [2.45, 2.75) is 18.8 Å². The minimum atomic E-state index is -0.239. The van der Waals surface area contributed by atoms with Crippen LogP contribution < -0.4 is 15.4 Å². The first-order valence-corrected chi connectivity index (χ1v) is 7.07. The molecule has 1 fully saturated rings. The van der Waals surface area contributed by atoms with Crippen LogP contribution in [0.25, 0.3) is 0 Å². The Morgan fingerprint density at radius 1 is 1.10 bits per heavy atom. The Morgan fingerprint density at radius 2 is 1.90 bits per heavy atom. The van der Waals surface area contributed by atoms with E-state index in [4.69, 9.17) is 4.74 Å². The Kier molecular flexibility index (Phi) is 3.77. The molecule has 4 nitrogen and oxygen atoms in total. The maximum absolute atomic E-state index is 12.1. The van der Waals surface area contributed by atoms with Crippen molar-refractivity contribution in [1.82, 2.24) is 0 Å². The lowest BCUT2D eigenvalue weighted by molar-refractivity contribution is 0.262. The van der Waals surface area contributed by atoms with E-state index in [1.807, 2.05) is 36.4 Å². The highest BCUT2D eigenvalue weighted by Crippen LogP contribution is 2.43. The predicted octanol–water partition coefficient (Wildman–Crippen LogP) is 4.22. The average Bonchev–Trinajstić information content (AvgIpc) is 3.32. The van der Waals surface area contributed by atoms with Gasteiger partial charge in [-0.25, -0.2) is 4.79 Å². The molecule has 0 spiro atoms. The van der Waals surface area contributed by atoms with Gasteiger partial charge in [0.05, 0.1) is 7.11 Å². The van der Waals surface area contributed by atoms with Crippen LogP contribution >= 0.6 is 0 Å². The van der Waals surface area contributed by atoms with Crippen LogP contribution in [0.5, 0.6) is 5.75 Å². The fraction of sp³-hybridized carbons (Fsp3) is 0.235. The van der Waals surface area contributed by atoms with Gasteiger partial charge in [-0.1, -0.05) is 24.3 Å². The quantitative estimate of drug-likeness (QED) is 0.882. The highest BCUT2D eigenvalue weighted by Gasteiger charge is 2.26. The Morgan fingerprint density at radius 3 is 2.67 bits per heavy atom. The fourth-order valence-electron chi connectivity index (χ4n) is 2.35. The van der Waals surface area contributed by atoms with Crippen molar-refractivity contribution in [3.05, 3.63) is 54.1 Å². The minimum absolute atomic E-state index is 0.239. The molecule has 0 aromatic heterocycles. The van der Waals surface area contributed by atoms with Crippen LogP contribution in [0, 0.1) is 0 Å². The molecule has 1 aliphatic carbocycles. The van der Waals surface area contributed by atoms with Crippen molar-refractivity contribution in [3.8, 4) is 5.75 Å². The van der Waals surface area contributed by atoms with Crippen LogP contribution in [0.4, 0.5) is 16.2 Å². The van der Waals surface area contributed by atoms with Gasteiger partial charge in [0.2, 0.25) is 0 Å². The molecule has 108 valence electrons. The minimum Gasteiger partial charge on any atom is -0.497 e. The van der Waals surface area contributed by atoms with E-state index in [1.54, 1.807) is 13.2 Å². The van der Waals surface area contributed by atoms with Gasteiger partial charge in [0.15, 0.2) is 0 Å². The highest BCUT2D eigenvalue weighted by molar-refractivity contribution is 6.00. The number of urea groups is 1. The van der Waals surface area contributed by atoms with Crippen molar-refractivity contribution >= 4 is 17.4 Å². The molecule has 2 amide bonds. The highest BCUT2D eigenvalue weighted by atomic mass is 16.5. The number of ether oxygens (including phenoxy) is 1. The molecular formula is C17H18N2O2. The SMILES string of the molecule is COc1cccc(NC(=O)Nc2ccccc2C2CC2)c1. The van der Waals surface area contributed by atoms with Gasteiger partial charge < -0.3 is 15.4 Å². The topological polar surface area (TPSA) is 50.4 Å². The number of carbonyl (C=O) groups is 1. The van der Waals surface area contributed by atoms with E-state index in [0.717, 1.165) is 5.69 Å². The second-order valence-electron chi connectivity index (χ2n) is 5.17. The van der Waals surface area contributed by atoms with Gasteiger partial charge in [0, 0.05) is 17.4 Å². The summed E-state index contributed by atoms with van der Waals surface area (Å²) >= 11 is 0. The summed E-state index contributed by atoms with van der Waals surface area (Å²) in [5.41, 5.74) is 2.81. The van der Waals surface area contributed by atoms with Gasteiger partial charge >= 0.3 is 6.03 Å². The fourth-order valence-corrected chi connectivity index (χ4v) is 2.35. The Balaban J connectivity index is 1.69. The summed E-state index contributed by atoms with van der Waals surface area (Å²) in [5.74, 6) is 1.31. The lowest BCUT2D eigenvalue weighted by atomic mass is 10.1. The van der Waals surface area contributed by atoms with Crippen LogP contribution in [0.3, 0.4) is 0 Å². The van der Waals surface area contributed by atoms with Crippen LogP contribution in [-0.2, 0) is 0 Å². The maximum Gasteiger partial charge on any atom is 0.323 e. The van der Waals surface area contributed by atoms with Crippen molar-refractivity contribution in [2.24, 2.45) is 0 Å². The second kappa shape index (κ2) is 5.87. The Hall–Kier alpha value is -2.49. The van der Waals surface area contributed by atoms with Gasteiger partial charge in [-0.15, -0.1) is 0 Å². The number of hydrogen-bond donors (Lipinski definition) is 2. The van der Waals surface area contributed by atoms with E-state index in [2.05, 4.69) is 16.7 Å². The first-order chi connectivity index (χ1) is 10.3. The number of nitrogens with one attached hydrogen (secondary N) is 2. The molecule has 2 N–H and O–H groups in total. The van der Waals surface area contributed by atoms with E-state index in [-0.39, 0.29) is 6.03 Å². The zero-order chi connectivity index (χ0) is 14.7. The molecule has 0 saturated heterocycles. The molecule has 4 heteroatoms. The largest absolute Gasteiger partial charge is 0.497 e. The smallest absolute Gasteiger partial charge is 0.323 e. The number of rotatable bonds is 4. The van der Waals surface area contributed by atoms with Crippen molar-refractivity contribution in [3.63, 3.8) is 0 Å². The van der Waals surface area contributed by atoms with E-state index in [0.29, 0.717) is 17.4 Å². The maximum atomic E-state index is 12.1. The summed E-state index contributed by atoms with van der Waals surface area (Å²) in [4.78, 5) is 12.1. The van der Waals surface area contributed by atoms with Crippen molar-refractivity contribution < 1.29 is 9.53 Å². The van der Waals surface area contributed by atoms with E-state index >= 15 is 0 Å². The molecule has 2 aromatic rings. The number of hydrogen-bond acceptors (Lipinski definition) is 2. The third-order valence-electron chi connectivity index (χ3n) is 3.55. The molecule has 0 radical (unpaired) electrons. The Labute approximate surface area is 124 Å². The van der Waals surface area contributed by atoms with Crippen LogP contribution in [0.15, 0.2) is 48.5 Å². The molecular weight excluding hydrogens is 264 g/mol. The summed E-state index contributed by atoms with van der Waals surface area (Å²) in [6, 6.07) is 15.0. The molecule has 1 saturated carbocycles. The monoisotopic (exact) mass is 282 g/mol. The summed E-state index contributed by atoms with van der Waals surface area (Å²) in [7, 11) is 1.60. The van der Waals surface area contributed by atoms with E-state index in [9.17, 15) is 4.79 Å². The lowest BCUT2D eigenvalue weighted by Crippen LogP contribution is -2.20. The molecule has 3 rings (SSSR count). The standard InChI is InChI=1S/C17H18N2O2/c1-21-14-6-4-5-13(11-14)18-17(20)19-16-8-3-2-7-15(16)12-9-10-12/h2-8,11-12H,9-10H2,1H3,(H2,18,19,20). The normalized spacial score (nSPS) is 13.6. The zero-order valence-corrected chi connectivity index (χ0v) is 11.9. The van der Waals surface area contributed by atoms with Gasteiger partial charge in [0.25, 0.3) is 0 Å². The number of benzene rings is 2. The van der Waals surface area contributed by atoms with Crippen molar-refractivity contribution in [1.29, 1.82) is 0 Å². The number of methoxy groups -OCH3 is 1. The number of amides is 2. The van der Waals surface area contributed by atoms with Gasteiger partial charge in [-0.2, -0.15) is 0 Å². The van der Waals surface area contributed by atoms with Gasteiger partial charge in [-0.3, -0.25) is 0 Å². The number of para-hydroxylation sites is 1. The molecule has 0 atom stereocenters. The predicted molar refractivity (Wildman–Crippen MR) is 84.1 cm³/mol. The van der Waals surface area contributed by atoms with Gasteiger partial charge in [-0.05, 0) is 42.5 Å². The summed E-state index contributed by atoms with van der Waals surface area (Å²) in [6.45, 7) is 0. The van der Waals surface area contributed by atoms with E-state index < -0.39 is 0 Å². The third kappa shape index (κ3) is 3.34. The first kappa shape index (κ1) is 13.5. The summed E-state index contributed by atoms with van der Waals surface area (Å²) < 4.78 is 5.14. The number of carbonyl (C=O) groups excluding carboxylic acids is 1. The van der Waals surface area contributed by atoms with Crippen LogP contribution in [0.1, 0.15) is 24.3 Å². The lowest BCUT2D eigenvalue weighted by Gasteiger charge is -2.12. The van der Waals surface area contributed by atoms with E-state index in [1.165, 1.54) is 18.4 Å². The molecule has 0 bridgehead atoms. The molecule has 0 aliphatic heterocycles. The number of anilines is 2. The third-order valence-corrected chi connectivity index (χ3v) is 3.55. The van der Waals surface area contributed by atoms with Gasteiger partial charge in [0.1, 0.15) is 5.75 Å². The molecule has 2 aromatic carbocycles. The summed E-state index contributed by atoms with van der Waals surface area (Å²) in [5, 5.41) is 5.75. The molecule has 0 heterocycles. The van der Waals surface area contributed by atoms with Crippen molar-refractivity contribution in [2.75, 3.05) is 17.7 Å². The summed E-state index contributed by atoms with van der Waals surface area (Å²) in [6.07, 6.45) is 2.41. The van der Waals surface area contributed by atoms with Crippen LogP contribution in [0.2, 0.25) is 0 Å². The molecule has 21 heavy (non-hydrogen) atoms.